The number of hydrogen-bond acceptors (Lipinski definition) is 7. The highest BCUT2D eigenvalue weighted by Crippen LogP contribution is 2.27. The molecule has 0 unspecified atom stereocenters. The highest BCUT2D eigenvalue weighted by molar-refractivity contribution is 7.80. The summed E-state index contributed by atoms with van der Waals surface area (Å²) in [4.78, 5) is 27.8. The average molecular weight is 540 g/mol. The number of nitro groups is 1. The van der Waals surface area contributed by atoms with Gasteiger partial charge in [-0.25, -0.2) is 0 Å². The lowest BCUT2D eigenvalue weighted by Crippen LogP contribution is -2.46. The molecule has 3 aromatic carbocycles. The summed E-state index contributed by atoms with van der Waals surface area (Å²) in [6.45, 7) is 4.51. The van der Waals surface area contributed by atoms with Crippen molar-refractivity contribution in [3.8, 4) is 5.75 Å². The van der Waals surface area contributed by atoms with Crippen molar-refractivity contribution in [2.24, 2.45) is 0 Å². The molecule has 1 aliphatic heterocycles. The molecule has 11 heteroatoms. The largest absolute Gasteiger partial charge is 0.490 e. The van der Waals surface area contributed by atoms with Crippen molar-refractivity contribution in [1.82, 2.24) is 10.2 Å². The number of benzene rings is 3. The molecule has 3 aromatic rings. The molecule has 192 valence electrons. The summed E-state index contributed by atoms with van der Waals surface area (Å²) in [6, 6.07) is 19.7. The van der Waals surface area contributed by atoms with Crippen molar-refractivity contribution in [2.75, 3.05) is 43.5 Å². The first kappa shape index (κ1) is 26.3. The molecule has 1 aliphatic rings. The fourth-order valence-electron chi connectivity index (χ4n) is 4.10. The molecule has 0 aliphatic carbocycles. The molecular formula is C26H26ClN5O4S. The number of thiocarbonyl (C=S) groups is 1. The van der Waals surface area contributed by atoms with Gasteiger partial charge in [-0.05, 0) is 60.2 Å². The van der Waals surface area contributed by atoms with Gasteiger partial charge in [-0.15, -0.1) is 0 Å². The summed E-state index contributed by atoms with van der Waals surface area (Å²) >= 11 is 11.6. The van der Waals surface area contributed by atoms with Crippen LogP contribution in [0, 0.1) is 10.1 Å². The molecule has 1 amide bonds. The van der Waals surface area contributed by atoms with Gasteiger partial charge in [0.15, 0.2) is 10.9 Å². The monoisotopic (exact) mass is 539 g/mol. The van der Waals surface area contributed by atoms with E-state index < -0.39 is 10.8 Å². The topological polar surface area (TPSA) is 100.0 Å². The lowest BCUT2D eigenvalue weighted by Gasteiger charge is -2.36. The van der Waals surface area contributed by atoms with Crippen LogP contribution in [0.3, 0.4) is 0 Å². The fraction of sp³-hybridized carbons (Fsp3) is 0.231. The quantitative estimate of drug-likeness (QED) is 0.253. The number of amides is 1. The van der Waals surface area contributed by atoms with Crippen LogP contribution < -0.4 is 20.3 Å². The van der Waals surface area contributed by atoms with Crippen molar-refractivity contribution in [1.29, 1.82) is 0 Å². The second-order valence-electron chi connectivity index (χ2n) is 8.45. The molecule has 2 N–H and O–H groups in total. The molecule has 4 rings (SSSR count). The molecule has 0 radical (unpaired) electrons. The van der Waals surface area contributed by atoms with E-state index in [1.165, 1.54) is 19.2 Å². The first-order valence-electron chi connectivity index (χ1n) is 11.6. The lowest BCUT2D eigenvalue weighted by atomic mass is 10.1. The molecule has 37 heavy (non-hydrogen) atoms. The predicted molar refractivity (Wildman–Crippen MR) is 149 cm³/mol. The fourth-order valence-corrected chi connectivity index (χ4v) is 4.50. The van der Waals surface area contributed by atoms with E-state index in [4.69, 9.17) is 28.6 Å². The molecule has 0 atom stereocenters. The van der Waals surface area contributed by atoms with Crippen molar-refractivity contribution in [3.63, 3.8) is 0 Å². The van der Waals surface area contributed by atoms with Crippen LogP contribution in [-0.4, -0.2) is 54.1 Å². The number of piperazine rings is 1. The van der Waals surface area contributed by atoms with Crippen molar-refractivity contribution in [2.45, 2.75) is 6.54 Å². The Morgan fingerprint density at radius 2 is 1.78 bits per heavy atom. The summed E-state index contributed by atoms with van der Waals surface area (Å²) < 4.78 is 4.97. The Labute approximate surface area is 225 Å². The van der Waals surface area contributed by atoms with Crippen LogP contribution in [0.4, 0.5) is 17.1 Å². The molecule has 1 fully saturated rings. The number of carbonyl (C=O) groups excluding carboxylic acids is 1. The molecule has 9 nitrogen and oxygen atoms in total. The zero-order valence-corrected chi connectivity index (χ0v) is 21.7. The van der Waals surface area contributed by atoms with Gasteiger partial charge in [0.1, 0.15) is 0 Å². The van der Waals surface area contributed by atoms with E-state index in [-0.39, 0.29) is 22.1 Å². The van der Waals surface area contributed by atoms with Gasteiger partial charge in [0, 0.05) is 60.8 Å². The standard InChI is InChI=1S/C26H26ClN5O4S/c1-36-24-11-6-18(16-23(24)32(34)35)25(33)29-26(37)28-20-7-9-21(10-8-20)31-14-12-30(13-15-31)17-19-4-2-3-5-22(19)27/h2-11,16H,12-15,17H2,1H3,(H2,28,29,33,37). The lowest BCUT2D eigenvalue weighted by molar-refractivity contribution is -0.385. The average Bonchev–Trinajstić information content (AvgIpc) is 2.90. The van der Waals surface area contributed by atoms with Crippen LogP contribution in [0.25, 0.3) is 0 Å². The summed E-state index contributed by atoms with van der Waals surface area (Å²) in [6.07, 6.45) is 0. The number of anilines is 2. The van der Waals surface area contributed by atoms with Crippen LogP contribution in [0.2, 0.25) is 5.02 Å². The van der Waals surface area contributed by atoms with E-state index in [2.05, 4.69) is 26.5 Å². The maximum atomic E-state index is 12.5. The minimum atomic E-state index is -0.605. The minimum absolute atomic E-state index is 0.0735. The third-order valence-corrected chi connectivity index (χ3v) is 6.65. The molecular weight excluding hydrogens is 514 g/mol. The Morgan fingerprint density at radius 1 is 1.08 bits per heavy atom. The summed E-state index contributed by atoms with van der Waals surface area (Å²) in [5.74, 6) is -0.487. The van der Waals surface area contributed by atoms with Crippen LogP contribution >= 0.6 is 23.8 Å². The minimum Gasteiger partial charge on any atom is -0.490 e. The van der Waals surface area contributed by atoms with E-state index in [9.17, 15) is 14.9 Å². The number of rotatable bonds is 7. The van der Waals surface area contributed by atoms with Gasteiger partial charge in [0.2, 0.25) is 0 Å². The molecule has 1 saturated heterocycles. The smallest absolute Gasteiger partial charge is 0.311 e. The zero-order chi connectivity index (χ0) is 26.4. The van der Waals surface area contributed by atoms with Gasteiger partial charge in [0.05, 0.1) is 12.0 Å². The molecule has 0 spiro atoms. The van der Waals surface area contributed by atoms with Crippen molar-refractivity contribution >= 4 is 51.9 Å². The normalized spacial score (nSPS) is 13.6. The van der Waals surface area contributed by atoms with Gasteiger partial charge in [-0.2, -0.15) is 0 Å². The Morgan fingerprint density at radius 3 is 2.43 bits per heavy atom. The molecule has 0 saturated carbocycles. The van der Waals surface area contributed by atoms with E-state index in [1.807, 2.05) is 42.5 Å². The summed E-state index contributed by atoms with van der Waals surface area (Å²) in [5, 5.41) is 17.6. The summed E-state index contributed by atoms with van der Waals surface area (Å²) in [7, 11) is 1.33. The van der Waals surface area contributed by atoms with Gasteiger partial charge in [-0.1, -0.05) is 29.8 Å². The Balaban J connectivity index is 1.28. The van der Waals surface area contributed by atoms with Gasteiger partial charge >= 0.3 is 5.69 Å². The highest BCUT2D eigenvalue weighted by Gasteiger charge is 2.20. The first-order chi connectivity index (χ1) is 17.8. The van der Waals surface area contributed by atoms with Gasteiger partial charge in [-0.3, -0.25) is 25.1 Å². The van der Waals surface area contributed by atoms with E-state index >= 15 is 0 Å². The summed E-state index contributed by atoms with van der Waals surface area (Å²) in [5.41, 5.74) is 2.76. The number of carbonyl (C=O) groups is 1. The molecule has 0 bridgehead atoms. The Bertz CT molecular complexity index is 1300. The maximum absolute atomic E-state index is 12.5. The van der Waals surface area contributed by atoms with E-state index in [1.54, 1.807) is 0 Å². The third-order valence-electron chi connectivity index (χ3n) is 6.08. The zero-order valence-electron chi connectivity index (χ0n) is 20.1. The number of nitro benzene ring substituents is 1. The van der Waals surface area contributed by atoms with Crippen LogP contribution in [0.5, 0.6) is 5.75 Å². The Hall–Kier alpha value is -3.73. The Kier molecular flexibility index (Phi) is 8.54. The van der Waals surface area contributed by atoms with Gasteiger partial charge in [0.25, 0.3) is 5.91 Å². The SMILES string of the molecule is COc1ccc(C(=O)NC(=S)Nc2ccc(N3CCN(Cc4ccccc4Cl)CC3)cc2)cc1[N+](=O)[O-]. The van der Waals surface area contributed by atoms with Crippen molar-refractivity contribution in [3.05, 3.63) is 93.0 Å². The number of methoxy groups -OCH3 is 1. The first-order valence-corrected chi connectivity index (χ1v) is 12.4. The number of halogens is 1. The van der Waals surface area contributed by atoms with Gasteiger partial charge < -0.3 is 15.0 Å². The van der Waals surface area contributed by atoms with Crippen molar-refractivity contribution < 1.29 is 14.5 Å². The number of nitrogens with one attached hydrogen (secondary N) is 2. The van der Waals surface area contributed by atoms with Crippen LogP contribution in [0.1, 0.15) is 15.9 Å². The van der Waals surface area contributed by atoms with Crippen LogP contribution in [-0.2, 0) is 6.54 Å². The third kappa shape index (κ3) is 6.73. The number of hydrogen-bond donors (Lipinski definition) is 2. The van der Waals surface area contributed by atoms with Crippen LogP contribution in [0.15, 0.2) is 66.7 Å². The van der Waals surface area contributed by atoms with E-state index in [0.29, 0.717) is 5.69 Å². The number of ether oxygens (including phenoxy) is 1. The predicted octanol–water partition coefficient (Wildman–Crippen LogP) is 4.71. The second-order valence-corrected chi connectivity index (χ2v) is 9.27. The van der Waals surface area contributed by atoms with E-state index in [0.717, 1.165) is 55.1 Å². The number of nitrogens with zero attached hydrogens (tertiary/aromatic N) is 3. The highest BCUT2D eigenvalue weighted by atomic mass is 35.5. The maximum Gasteiger partial charge on any atom is 0.311 e. The second kappa shape index (κ2) is 12.0. The molecule has 1 heterocycles. The molecule has 0 aromatic heterocycles.